The summed E-state index contributed by atoms with van der Waals surface area (Å²) >= 11 is 0.611. The fourth-order valence-corrected chi connectivity index (χ4v) is 0. The third kappa shape index (κ3) is 9.63. The van der Waals surface area contributed by atoms with Gasteiger partial charge in [0.1, 0.15) is 0 Å². The summed E-state index contributed by atoms with van der Waals surface area (Å²) in [6, 6.07) is 0. The van der Waals surface area contributed by atoms with Crippen LogP contribution in [0.5, 0.6) is 0 Å². The predicted octanol–water partition coefficient (Wildman–Crippen LogP) is -0.772. The minimum absolute atomic E-state index is 0. The van der Waals surface area contributed by atoms with Crippen LogP contribution in [0.3, 0.4) is 0 Å². The van der Waals surface area contributed by atoms with Gasteiger partial charge >= 0.3 is 20.0 Å². The first kappa shape index (κ1) is 17.7. The van der Waals surface area contributed by atoms with Crippen LogP contribution in [0, 0.1) is 0 Å². The maximum atomic E-state index is 8.28. The second-order valence-corrected chi connectivity index (χ2v) is 0. The maximum absolute atomic E-state index is 8.28. The summed E-state index contributed by atoms with van der Waals surface area (Å²) in [6.45, 7) is 0. The van der Waals surface area contributed by atoms with Crippen LogP contribution in [0.15, 0.2) is 0 Å². The van der Waals surface area contributed by atoms with Crippen LogP contribution in [0.2, 0.25) is 0 Å². The summed E-state index contributed by atoms with van der Waals surface area (Å²) < 4.78 is 8.28. The Morgan fingerprint density at radius 3 is 1.25 bits per heavy atom. The van der Waals surface area contributed by atoms with Gasteiger partial charge in [0.05, 0.1) is 0 Å². The Morgan fingerprint density at radius 2 is 1.25 bits per heavy atom. The number of hydrogen-bond donors (Lipinski definition) is 0. The van der Waals surface area contributed by atoms with Gasteiger partial charge in [-0.05, 0) is 0 Å². The van der Waals surface area contributed by atoms with Crippen molar-refractivity contribution >= 4 is 16.2 Å². The summed E-state index contributed by atoms with van der Waals surface area (Å²) in [5.41, 5.74) is 0. The van der Waals surface area contributed by atoms with Crippen molar-refractivity contribution in [2.24, 2.45) is 0 Å². The zero-order valence-electron chi connectivity index (χ0n) is 1.90. The molecule has 0 amide bonds. The molecule has 0 fully saturated rings. The Bertz CT molecular complexity index is 8.00. The molecule has 0 rings (SSSR count). The summed E-state index contributed by atoms with van der Waals surface area (Å²) in [5, 5.41) is 0. The molecule has 0 saturated carbocycles. The van der Waals surface area contributed by atoms with Gasteiger partial charge in [-0.1, -0.05) is 0 Å². The van der Waals surface area contributed by atoms with Gasteiger partial charge in [-0.25, -0.2) is 0 Å². The van der Waals surface area contributed by atoms with E-state index in [4.69, 9.17) is 3.80 Å². The second kappa shape index (κ2) is 24.0. The molecule has 0 N–H and O–H groups in total. The molecule has 0 spiro atoms. The van der Waals surface area contributed by atoms with Gasteiger partial charge in [-0.15, -0.1) is 0 Å². The zero-order chi connectivity index (χ0) is 2.00. The fourth-order valence-electron chi connectivity index (χ4n) is 0. The molecule has 4 heavy (non-hydrogen) atoms. The quantitative estimate of drug-likeness (QED) is 0.463. The molecule has 23 valence electrons. The average Bonchev–Trinajstić information content (AvgIpc) is 1.00. The van der Waals surface area contributed by atoms with E-state index in [1.165, 1.54) is 0 Å². The number of rotatable bonds is 0. The van der Waals surface area contributed by atoms with E-state index in [0.717, 1.165) is 0 Å². The van der Waals surface area contributed by atoms with Gasteiger partial charge in [0, 0.05) is 38.1 Å². The molecule has 0 aromatic carbocycles. The van der Waals surface area contributed by atoms with Gasteiger partial charge < -0.3 is 0 Å². The Morgan fingerprint density at radius 1 is 1.25 bits per heavy atom. The van der Waals surface area contributed by atoms with Gasteiger partial charge in [0.25, 0.3) is 0 Å². The van der Waals surface area contributed by atoms with Gasteiger partial charge in [0.15, 0.2) is 0 Å². The van der Waals surface area contributed by atoms with E-state index in [1.807, 2.05) is 0 Å². The third-order valence-electron chi connectivity index (χ3n) is 0. The van der Waals surface area contributed by atoms with Crippen molar-refractivity contribution in [3.8, 4) is 0 Å². The first-order chi connectivity index (χ1) is 1.00. The van der Waals surface area contributed by atoms with Crippen LogP contribution in [-0.4, -0.2) is 16.2 Å². The van der Waals surface area contributed by atoms with E-state index in [0.29, 0.717) is 16.2 Å². The Kier molecular flexibility index (Phi) is 106. The van der Waals surface area contributed by atoms with Crippen LogP contribution in [0.1, 0.15) is 0 Å². The molecule has 0 aliphatic carbocycles. The topological polar surface area (TPSA) is 17.1 Å². The molecule has 0 unspecified atom stereocenters. The van der Waals surface area contributed by atoms with Crippen LogP contribution in [0.25, 0.3) is 0 Å². The van der Waals surface area contributed by atoms with Crippen molar-refractivity contribution in [3.63, 3.8) is 0 Å². The van der Waals surface area contributed by atoms with Gasteiger partial charge in [0.2, 0.25) is 0 Å². The van der Waals surface area contributed by atoms with Gasteiger partial charge in [-0.2, -0.15) is 0 Å². The van der Waals surface area contributed by atoms with Gasteiger partial charge in [-0.3, -0.25) is 0 Å². The van der Waals surface area contributed by atoms with Crippen molar-refractivity contribution in [1.29, 1.82) is 0 Å². The predicted molar refractivity (Wildman–Crippen MR) is 7.84 cm³/mol. The molecule has 0 aromatic heterocycles. The van der Waals surface area contributed by atoms with E-state index in [-0.39, 0.29) is 38.1 Å². The summed E-state index contributed by atoms with van der Waals surface area (Å²) in [5.74, 6) is 0. The molecule has 0 aromatic rings. The molecule has 0 saturated heterocycles. The first-order valence-corrected chi connectivity index (χ1v) is 0.866. The van der Waals surface area contributed by atoms with Crippen molar-refractivity contribution in [3.05, 3.63) is 0 Å². The van der Waals surface area contributed by atoms with E-state index >= 15 is 0 Å². The van der Waals surface area contributed by atoms with E-state index < -0.39 is 0 Å². The molecule has 1 radical (unpaired) electrons. The Labute approximate surface area is 57.9 Å². The average molecular weight is 195 g/mol. The molecular formula is HAlMnMoO. The van der Waals surface area contributed by atoms with Crippen molar-refractivity contribution in [2.45, 2.75) is 0 Å². The van der Waals surface area contributed by atoms with Crippen LogP contribution in [0.4, 0.5) is 0 Å². The van der Waals surface area contributed by atoms with E-state index in [9.17, 15) is 0 Å². The molecule has 0 heterocycles. The van der Waals surface area contributed by atoms with Crippen LogP contribution < -0.4 is 0 Å². The molecule has 0 aliphatic heterocycles. The van der Waals surface area contributed by atoms with Crippen molar-refractivity contribution in [2.75, 3.05) is 0 Å². The zero-order valence-corrected chi connectivity index (χ0v) is 6.50. The normalized spacial score (nSPS) is 0.750. The summed E-state index contributed by atoms with van der Waals surface area (Å²) in [4.78, 5) is 0. The first-order valence-electron chi connectivity index (χ1n) is 0.289. The van der Waals surface area contributed by atoms with E-state index in [2.05, 4.69) is 0 Å². The summed E-state index contributed by atoms with van der Waals surface area (Å²) in [7, 11) is 0. The van der Waals surface area contributed by atoms with Crippen LogP contribution >= 0.6 is 0 Å². The molecule has 0 aliphatic rings. The van der Waals surface area contributed by atoms with Crippen molar-refractivity contribution in [1.82, 2.24) is 0 Å². The molecule has 0 atom stereocenters. The third-order valence-corrected chi connectivity index (χ3v) is 0. The monoisotopic (exact) mass is 197 g/mol. The fraction of sp³-hybridized carbons (Fsp3) is 0. The van der Waals surface area contributed by atoms with E-state index in [1.54, 1.807) is 0 Å². The second-order valence-electron chi connectivity index (χ2n) is 0. The molecule has 4 heteroatoms. The Hall–Kier alpha value is 1.54. The van der Waals surface area contributed by atoms with Crippen molar-refractivity contribution < 1.29 is 41.9 Å². The summed E-state index contributed by atoms with van der Waals surface area (Å²) in [6.07, 6.45) is 0. The molecular weight excluding hydrogens is 194 g/mol. The standard InChI is InChI=1S/Al.Mn.Mo.O.H. The molecule has 0 bridgehead atoms. The SMILES string of the molecule is [Mn].[Mo].[O]=[AlH]. The van der Waals surface area contributed by atoms with Crippen LogP contribution in [-0.2, 0) is 41.9 Å². The minimum atomic E-state index is 0. The molecule has 1 nitrogen and oxygen atoms in total. The Balaban J connectivity index is -0.00000000500. The number of hydrogen-bond acceptors (Lipinski definition) is 1.